The lowest BCUT2D eigenvalue weighted by atomic mass is 9.74. The smallest absolute Gasteiger partial charge is 0.122 e. The van der Waals surface area contributed by atoms with Crippen molar-refractivity contribution in [1.29, 1.82) is 0 Å². The van der Waals surface area contributed by atoms with Crippen molar-refractivity contribution < 1.29 is 4.74 Å². The summed E-state index contributed by atoms with van der Waals surface area (Å²) in [5, 5.41) is 3.49. The second-order valence-electron chi connectivity index (χ2n) is 5.58. The fourth-order valence-electron chi connectivity index (χ4n) is 2.17. The number of methoxy groups -OCH3 is 1. The van der Waals surface area contributed by atoms with Gasteiger partial charge < -0.3 is 10.1 Å². The molecule has 1 unspecified atom stereocenters. The highest BCUT2D eigenvalue weighted by molar-refractivity contribution is 5.34. The number of hydrogen-bond acceptors (Lipinski definition) is 2. The molecule has 18 heavy (non-hydrogen) atoms. The van der Waals surface area contributed by atoms with Crippen LogP contribution in [0.4, 0.5) is 0 Å². The quantitative estimate of drug-likeness (QED) is 0.798. The molecule has 1 aromatic rings. The molecule has 0 heterocycles. The molecule has 1 rings (SSSR count). The first-order valence-electron chi connectivity index (χ1n) is 6.86. The average molecular weight is 249 g/mol. The Hall–Kier alpha value is -1.02. The summed E-state index contributed by atoms with van der Waals surface area (Å²) in [6.45, 7) is 11.2. The van der Waals surface area contributed by atoms with Crippen LogP contribution in [0.2, 0.25) is 0 Å². The summed E-state index contributed by atoms with van der Waals surface area (Å²) in [6.07, 6.45) is 1.04. The van der Waals surface area contributed by atoms with Crippen molar-refractivity contribution in [3.05, 3.63) is 29.8 Å². The van der Waals surface area contributed by atoms with Crippen molar-refractivity contribution in [2.45, 2.75) is 34.1 Å². The molecule has 0 aliphatic rings. The molecule has 0 amide bonds. The van der Waals surface area contributed by atoms with Gasteiger partial charge in [-0.3, -0.25) is 0 Å². The Kier molecular flexibility index (Phi) is 5.67. The highest BCUT2D eigenvalue weighted by atomic mass is 16.5. The van der Waals surface area contributed by atoms with Gasteiger partial charge in [-0.1, -0.05) is 45.9 Å². The second-order valence-corrected chi connectivity index (χ2v) is 5.58. The minimum atomic E-state index is 0.255. The number of hydrogen-bond donors (Lipinski definition) is 1. The molecule has 0 radical (unpaired) electrons. The Morgan fingerprint density at radius 2 is 1.94 bits per heavy atom. The van der Waals surface area contributed by atoms with Crippen molar-refractivity contribution in [1.82, 2.24) is 5.32 Å². The van der Waals surface area contributed by atoms with E-state index in [1.807, 2.05) is 12.1 Å². The number of para-hydroxylation sites is 1. The zero-order valence-electron chi connectivity index (χ0n) is 12.4. The standard InChI is InChI=1S/C16H27NO/c1-6-17-12-16(4,13(2)3)11-14-9-7-8-10-15(14)18-5/h7-10,13,17H,6,11-12H2,1-5H3. The Morgan fingerprint density at radius 1 is 1.28 bits per heavy atom. The van der Waals surface area contributed by atoms with E-state index in [1.165, 1.54) is 5.56 Å². The Morgan fingerprint density at radius 3 is 2.50 bits per heavy atom. The first-order chi connectivity index (χ1) is 8.53. The molecule has 102 valence electrons. The van der Waals surface area contributed by atoms with Crippen LogP contribution in [-0.4, -0.2) is 20.2 Å². The molecule has 0 saturated heterocycles. The van der Waals surface area contributed by atoms with Crippen LogP contribution < -0.4 is 10.1 Å². The third-order valence-corrected chi connectivity index (χ3v) is 3.96. The number of ether oxygens (including phenoxy) is 1. The molecule has 0 aliphatic carbocycles. The molecule has 2 nitrogen and oxygen atoms in total. The van der Waals surface area contributed by atoms with Gasteiger partial charge >= 0.3 is 0 Å². The largest absolute Gasteiger partial charge is 0.496 e. The summed E-state index contributed by atoms with van der Waals surface area (Å²) < 4.78 is 5.46. The zero-order valence-corrected chi connectivity index (χ0v) is 12.4. The molecule has 0 aromatic heterocycles. The van der Waals surface area contributed by atoms with Crippen molar-refractivity contribution >= 4 is 0 Å². The molecule has 0 saturated carbocycles. The maximum atomic E-state index is 5.46. The molecule has 0 fully saturated rings. The van der Waals surface area contributed by atoms with Gasteiger partial charge in [0.2, 0.25) is 0 Å². The number of nitrogens with one attached hydrogen (secondary N) is 1. The Bertz CT molecular complexity index is 362. The van der Waals surface area contributed by atoms with Crippen LogP contribution >= 0.6 is 0 Å². The summed E-state index contributed by atoms with van der Waals surface area (Å²) in [7, 11) is 1.75. The molecule has 0 spiro atoms. The van der Waals surface area contributed by atoms with Crippen molar-refractivity contribution in [3.63, 3.8) is 0 Å². The van der Waals surface area contributed by atoms with Crippen LogP contribution in [0.1, 0.15) is 33.3 Å². The van der Waals surface area contributed by atoms with Crippen LogP contribution in [0.15, 0.2) is 24.3 Å². The van der Waals surface area contributed by atoms with Gasteiger partial charge in [-0.2, -0.15) is 0 Å². The Labute approximate surface area is 112 Å². The predicted octanol–water partition coefficient (Wildman–Crippen LogP) is 3.51. The maximum absolute atomic E-state index is 5.46. The van der Waals surface area contributed by atoms with Gasteiger partial charge in [0.15, 0.2) is 0 Å². The van der Waals surface area contributed by atoms with E-state index in [0.29, 0.717) is 5.92 Å². The van der Waals surface area contributed by atoms with Gasteiger partial charge in [0.05, 0.1) is 7.11 Å². The second kappa shape index (κ2) is 6.79. The molecule has 1 atom stereocenters. The summed E-state index contributed by atoms with van der Waals surface area (Å²) in [5.41, 5.74) is 1.55. The first-order valence-corrected chi connectivity index (χ1v) is 6.86. The maximum Gasteiger partial charge on any atom is 0.122 e. The van der Waals surface area contributed by atoms with Crippen LogP contribution in [0.5, 0.6) is 5.75 Å². The topological polar surface area (TPSA) is 21.3 Å². The highest BCUT2D eigenvalue weighted by Gasteiger charge is 2.29. The Balaban J connectivity index is 2.89. The summed E-state index contributed by atoms with van der Waals surface area (Å²) >= 11 is 0. The normalized spacial score (nSPS) is 14.6. The SMILES string of the molecule is CCNCC(C)(Cc1ccccc1OC)C(C)C. The molecule has 0 aliphatic heterocycles. The van der Waals surface area contributed by atoms with E-state index >= 15 is 0 Å². The fourth-order valence-corrected chi connectivity index (χ4v) is 2.17. The van der Waals surface area contributed by atoms with Crippen molar-refractivity contribution in [3.8, 4) is 5.75 Å². The van der Waals surface area contributed by atoms with Crippen molar-refractivity contribution in [2.75, 3.05) is 20.2 Å². The minimum Gasteiger partial charge on any atom is -0.496 e. The van der Waals surface area contributed by atoms with Gasteiger partial charge in [-0.05, 0) is 35.9 Å². The average Bonchev–Trinajstić information content (AvgIpc) is 2.37. The van der Waals surface area contributed by atoms with E-state index in [4.69, 9.17) is 4.74 Å². The van der Waals surface area contributed by atoms with E-state index in [-0.39, 0.29) is 5.41 Å². The first kappa shape index (κ1) is 15.0. The monoisotopic (exact) mass is 249 g/mol. The van der Waals surface area contributed by atoms with Crippen LogP contribution in [0, 0.1) is 11.3 Å². The van der Waals surface area contributed by atoms with E-state index in [9.17, 15) is 0 Å². The third-order valence-electron chi connectivity index (χ3n) is 3.96. The van der Waals surface area contributed by atoms with Gasteiger partial charge in [0.1, 0.15) is 5.75 Å². The van der Waals surface area contributed by atoms with Crippen LogP contribution in [0.3, 0.4) is 0 Å². The molecule has 0 bridgehead atoms. The van der Waals surface area contributed by atoms with E-state index in [0.717, 1.165) is 25.3 Å². The van der Waals surface area contributed by atoms with Gasteiger partial charge in [-0.15, -0.1) is 0 Å². The number of benzene rings is 1. The third kappa shape index (κ3) is 3.74. The van der Waals surface area contributed by atoms with Gasteiger partial charge in [-0.25, -0.2) is 0 Å². The summed E-state index contributed by atoms with van der Waals surface area (Å²) in [5.74, 6) is 1.63. The van der Waals surface area contributed by atoms with E-state index in [2.05, 4.69) is 45.1 Å². The van der Waals surface area contributed by atoms with E-state index < -0.39 is 0 Å². The summed E-state index contributed by atoms with van der Waals surface area (Å²) in [4.78, 5) is 0. The zero-order chi connectivity index (χ0) is 13.6. The van der Waals surface area contributed by atoms with E-state index in [1.54, 1.807) is 7.11 Å². The van der Waals surface area contributed by atoms with Crippen LogP contribution in [-0.2, 0) is 6.42 Å². The molecule has 1 N–H and O–H groups in total. The number of rotatable bonds is 7. The molecular formula is C16H27NO. The highest BCUT2D eigenvalue weighted by Crippen LogP contribution is 2.33. The molecule has 2 heteroatoms. The van der Waals surface area contributed by atoms with Crippen LogP contribution in [0.25, 0.3) is 0 Å². The summed E-state index contributed by atoms with van der Waals surface area (Å²) in [6, 6.07) is 8.33. The van der Waals surface area contributed by atoms with Gasteiger partial charge in [0.25, 0.3) is 0 Å². The lowest BCUT2D eigenvalue weighted by molar-refractivity contribution is 0.206. The molecular weight excluding hydrogens is 222 g/mol. The molecule has 1 aromatic carbocycles. The van der Waals surface area contributed by atoms with Crippen molar-refractivity contribution in [2.24, 2.45) is 11.3 Å². The van der Waals surface area contributed by atoms with Gasteiger partial charge in [0, 0.05) is 6.54 Å². The lowest BCUT2D eigenvalue weighted by Crippen LogP contribution is -2.38. The minimum absolute atomic E-state index is 0.255. The predicted molar refractivity (Wildman–Crippen MR) is 78.2 cm³/mol. The lowest BCUT2D eigenvalue weighted by Gasteiger charge is -2.34. The fraction of sp³-hybridized carbons (Fsp3) is 0.625.